The summed E-state index contributed by atoms with van der Waals surface area (Å²) in [6.07, 6.45) is 0.947. The Morgan fingerprint density at radius 1 is 1.14 bits per heavy atom. The van der Waals surface area contributed by atoms with Crippen LogP contribution in [0, 0.1) is 13.8 Å². The lowest BCUT2D eigenvalue weighted by Gasteiger charge is -2.35. The van der Waals surface area contributed by atoms with E-state index in [1.807, 2.05) is 43.3 Å². The summed E-state index contributed by atoms with van der Waals surface area (Å²) in [7, 11) is 1.64. The molecule has 1 aliphatic rings. The average Bonchev–Trinajstić information content (AvgIpc) is 3.29. The van der Waals surface area contributed by atoms with Crippen molar-refractivity contribution in [2.45, 2.75) is 45.4 Å². The summed E-state index contributed by atoms with van der Waals surface area (Å²) in [5.74, 6) is 1.38. The lowest BCUT2D eigenvalue weighted by atomic mass is 9.97. The fraction of sp³-hybridized carbons (Fsp3) is 0.385. The molecule has 1 saturated heterocycles. The lowest BCUT2D eigenvalue weighted by Crippen LogP contribution is -2.41. The van der Waals surface area contributed by atoms with Gasteiger partial charge in [0.15, 0.2) is 5.82 Å². The predicted molar refractivity (Wildman–Crippen MR) is 133 cm³/mol. The molecule has 182 valence electrons. The number of aliphatic hydroxyl groups excluding tert-OH is 1. The van der Waals surface area contributed by atoms with Gasteiger partial charge in [-0.25, -0.2) is 4.68 Å². The highest BCUT2D eigenvalue weighted by atomic mass is 16.5. The number of piperidine rings is 1. The van der Waals surface area contributed by atoms with Gasteiger partial charge in [0, 0.05) is 29.6 Å². The number of rotatable bonds is 6. The van der Waals surface area contributed by atoms with Crippen LogP contribution in [-0.2, 0) is 6.54 Å². The molecule has 0 unspecified atom stereocenters. The van der Waals surface area contributed by atoms with Gasteiger partial charge >= 0.3 is 0 Å². The normalized spacial score (nSPS) is 16.0. The summed E-state index contributed by atoms with van der Waals surface area (Å²) in [5.41, 5.74) is 4.49. The topological polar surface area (TPSA) is 109 Å². The number of nitrogens with zero attached hydrogens (tertiary/aromatic N) is 5. The highest BCUT2D eigenvalue weighted by Crippen LogP contribution is 2.30. The molecule has 0 bridgehead atoms. The standard InChI is InChI=1S/C26H30N6O3/c1-16-12-17(2)21-14-22(26(34)27-23(21)13-16)24(31-10-8-19(33)9-11-31)25-28-29-30-32(25)15-18-4-6-20(35-3)7-5-18/h4-7,12-14,19,24,33H,8-11,15H2,1-3H3,(H,27,34)/t24-/m1/s1. The molecule has 0 spiro atoms. The van der Waals surface area contributed by atoms with Crippen LogP contribution in [0.2, 0.25) is 0 Å². The number of H-pyrrole nitrogens is 1. The van der Waals surface area contributed by atoms with E-state index in [1.54, 1.807) is 11.8 Å². The fourth-order valence-corrected chi connectivity index (χ4v) is 4.96. The predicted octanol–water partition coefficient (Wildman–Crippen LogP) is 2.73. The number of tetrazole rings is 1. The summed E-state index contributed by atoms with van der Waals surface area (Å²) in [6.45, 7) is 5.82. The molecule has 0 amide bonds. The van der Waals surface area contributed by atoms with Crippen LogP contribution in [0.25, 0.3) is 10.9 Å². The molecule has 4 aromatic rings. The van der Waals surface area contributed by atoms with Crippen LogP contribution < -0.4 is 10.3 Å². The van der Waals surface area contributed by atoms with Crippen molar-refractivity contribution in [3.05, 3.63) is 80.9 Å². The second-order valence-electron chi connectivity index (χ2n) is 9.31. The van der Waals surface area contributed by atoms with E-state index in [-0.39, 0.29) is 11.7 Å². The van der Waals surface area contributed by atoms with E-state index in [4.69, 9.17) is 4.74 Å². The lowest BCUT2D eigenvalue weighted by molar-refractivity contribution is 0.0659. The van der Waals surface area contributed by atoms with Crippen molar-refractivity contribution in [3.63, 3.8) is 0 Å². The van der Waals surface area contributed by atoms with Crippen LogP contribution in [-0.4, -0.2) is 61.5 Å². The molecule has 35 heavy (non-hydrogen) atoms. The molecule has 0 radical (unpaired) electrons. The summed E-state index contributed by atoms with van der Waals surface area (Å²) in [4.78, 5) is 18.7. The number of methoxy groups -OCH3 is 1. The number of aliphatic hydroxyl groups is 1. The number of fused-ring (bicyclic) bond motifs is 1. The minimum atomic E-state index is -0.440. The summed E-state index contributed by atoms with van der Waals surface area (Å²) in [5, 5.41) is 23.8. The van der Waals surface area contributed by atoms with Crippen LogP contribution in [0.15, 0.2) is 47.3 Å². The maximum atomic E-state index is 13.4. The van der Waals surface area contributed by atoms with Crippen LogP contribution in [0.5, 0.6) is 5.75 Å². The van der Waals surface area contributed by atoms with Gasteiger partial charge in [-0.15, -0.1) is 5.10 Å². The van der Waals surface area contributed by atoms with Crippen molar-refractivity contribution in [1.29, 1.82) is 0 Å². The molecule has 2 N–H and O–H groups in total. The van der Waals surface area contributed by atoms with Gasteiger partial charge in [0.25, 0.3) is 5.56 Å². The van der Waals surface area contributed by atoms with Gasteiger partial charge in [0.2, 0.25) is 0 Å². The second-order valence-corrected chi connectivity index (χ2v) is 9.31. The first-order valence-corrected chi connectivity index (χ1v) is 11.9. The number of ether oxygens (including phenoxy) is 1. The average molecular weight is 475 g/mol. The molecule has 3 heterocycles. The fourth-order valence-electron chi connectivity index (χ4n) is 4.96. The molecule has 0 saturated carbocycles. The molecule has 1 atom stereocenters. The van der Waals surface area contributed by atoms with E-state index in [1.165, 1.54) is 0 Å². The maximum absolute atomic E-state index is 13.4. The highest BCUT2D eigenvalue weighted by molar-refractivity contribution is 5.83. The number of aryl methyl sites for hydroxylation is 2. The van der Waals surface area contributed by atoms with Crippen LogP contribution >= 0.6 is 0 Å². The molecule has 2 aromatic heterocycles. The van der Waals surface area contributed by atoms with Crippen LogP contribution in [0.4, 0.5) is 0 Å². The molecular weight excluding hydrogens is 444 g/mol. The van der Waals surface area contributed by atoms with Gasteiger partial charge in [-0.2, -0.15) is 0 Å². The Labute approximate surface area is 203 Å². The number of pyridine rings is 1. The minimum Gasteiger partial charge on any atom is -0.497 e. The van der Waals surface area contributed by atoms with Crippen molar-refractivity contribution >= 4 is 10.9 Å². The van der Waals surface area contributed by atoms with Gasteiger partial charge in [0.05, 0.1) is 19.8 Å². The number of likely N-dealkylation sites (tertiary alicyclic amines) is 1. The van der Waals surface area contributed by atoms with Crippen molar-refractivity contribution in [2.24, 2.45) is 0 Å². The zero-order chi connectivity index (χ0) is 24.5. The Morgan fingerprint density at radius 3 is 2.60 bits per heavy atom. The minimum absolute atomic E-state index is 0.155. The monoisotopic (exact) mass is 474 g/mol. The third-order valence-electron chi connectivity index (χ3n) is 6.80. The summed E-state index contributed by atoms with van der Waals surface area (Å²) >= 11 is 0. The van der Waals surface area contributed by atoms with Crippen molar-refractivity contribution in [2.75, 3.05) is 20.2 Å². The molecule has 1 fully saturated rings. The van der Waals surface area contributed by atoms with Gasteiger partial charge < -0.3 is 14.8 Å². The first kappa shape index (κ1) is 23.2. The zero-order valence-corrected chi connectivity index (χ0v) is 20.2. The number of hydrogen-bond acceptors (Lipinski definition) is 7. The van der Waals surface area contributed by atoms with Crippen molar-refractivity contribution in [3.8, 4) is 5.75 Å². The Morgan fingerprint density at radius 2 is 1.89 bits per heavy atom. The molecule has 5 rings (SSSR count). The van der Waals surface area contributed by atoms with E-state index in [2.05, 4.69) is 38.4 Å². The first-order valence-electron chi connectivity index (χ1n) is 11.9. The quantitative estimate of drug-likeness (QED) is 0.442. The van der Waals surface area contributed by atoms with E-state index in [0.29, 0.717) is 43.9 Å². The third kappa shape index (κ3) is 4.69. The molecule has 1 aliphatic heterocycles. The zero-order valence-electron chi connectivity index (χ0n) is 20.2. The highest BCUT2D eigenvalue weighted by Gasteiger charge is 2.33. The number of aromatic amines is 1. The number of nitrogens with one attached hydrogen (secondary N) is 1. The van der Waals surface area contributed by atoms with Crippen molar-refractivity contribution in [1.82, 2.24) is 30.1 Å². The van der Waals surface area contributed by atoms with Gasteiger partial charge in [0.1, 0.15) is 11.8 Å². The van der Waals surface area contributed by atoms with E-state index < -0.39 is 6.04 Å². The van der Waals surface area contributed by atoms with Gasteiger partial charge in [-0.05, 0) is 78.1 Å². The number of benzene rings is 2. The SMILES string of the molecule is COc1ccc(Cn2nnnc2[C@@H](c2cc3c(C)cc(C)cc3[nH]c2=O)N2CCC(O)CC2)cc1. The van der Waals surface area contributed by atoms with Crippen LogP contribution in [0.1, 0.15) is 47.0 Å². The molecule has 9 heteroatoms. The molecule has 9 nitrogen and oxygen atoms in total. The van der Waals surface area contributed by atoms with Gasteiger partial charge in [-0.3, -0.25) is 9.69 Å². The number of hydrogen-bond donors (Lipinski definition) is 2. The third-order valence-corrected chi connectivity index (χ3v) is 6.80. The summed E-state index contributed by atoms with van der Waals surface area (Å²) < 4.78 is 7.02. The van der Waals surface area contributed by atoms with Crippen molar-refractivity contribution < 1.29 is 9.84 Å². The van der Waals surface area contributed by atoms with Crippen LogP contribution in [0.3, 0.4) is 0 Å². The van der Waals surface area contributed by atoms with Gasteiger partial charge in [-0.1, -0.05) is 18.2 Å². The largest absolute Gasteiger partial charge is 0.497 e. The smallest absolute Gasteiger partial charge is 0.253 e. The molecule has 2 aromatic carbocycles. The Hall–Kier alpha value is -3.56. The first-order chi connectivity index (χ1) is 16.9. The van der Waals surface area contributed by atoms with E-state index >= 15 is 0 Å². The Kier molecular flexibility index (Phi) is 6.36. The Bertz CT molecular complexity index is 1390. The van der Waals surface area contributed by atoms with E-state index in [0.717, 1.165) is 33.3 Å². The molecule has 0 aliphatic carbocycles. The molecular formula is C26H30N6O3. The number of aromatic nitrogens is 5. The Balaban J connectivity index is 1.60. The summed E-state index contributed by atoms with van der Waals surface area (Å²) in [6, 6.07) is 13.4. The maximum Gasteiger partial charge on any atom is 0.253 e. The second kappa shape index (κ2) is 9.59. The van der Waals surface area contributed by atoms with E-state index in [9.17, 15) is 9.90 Å².